The minimum Gasteiger partial charge on any atom is -0.494 e. The van der Waals surface area contributed by atoms with Gasteiger partial charge in [0.25, 0.3) is 20.2 Å². The highest BCUT2D eigenvalue weighted by Crippen LogP contribution is 2.32. The minimum absolute atomic E-state index is 0.137. The minimum atomic E-state index is -4.30. The van der Waals surface area contributed by atoms with Crippen LogP contribution in [0.5, 0.6) is 5.75 Å². The molecular weight excluding hydrogens is 713 g/mol. The molecule has 0 radical (unpaired) electrons. The van der Waals surface area contributed by atoms with Crippen molar-refractivity contribution in [2.24, 2.45) is 9.98 Å². The van der Waals surface area contributed by atoms with E-state index in [4.69, 9.17) is 13.8 Å². The third kappa shape index (κ3) is 11.5. The second kappa shape index (κ2) is 16.3. The predicted molar refractivity (Wildman–Crippen MR) is 190 cm³/mol. The van der Waals surface area contributed by atoms with Gasteiger partial charge in [-0.1, -0.05) is 23.9 Å². The second-order valence-electron chi connectivity index (χ2n) is 10.0. The Morgan fingerprint density at radius 3 is 2.40 bits per heavy atom. The number of methoxy groups -OCH3 is 1. The summed E-state index contributed by atoms with van der Waals surface area (Å²) in [4.78, 5) is 8.98. The van der Waals surface area contributed by atoms with Gasteiger partial charge < -0.3 is 30.8 Å². The lowest BCUT2D eigenvalue weighted by atomic mass is 10.1. The molecule has 7 N–H and O–H groups in total. The van der Waals surface area contributed by atoms with Crippen LogP contribution in [0.25, 0.3) is 10.8 Å². The molecule has 2 unspecified atom stereocenters. The number of hydrogen-bond donors (Lipinski definition) is 7. The van der Waals surface area contributed by atoms with Gasteiger partial charge in [0.2, 0.25) is 5.96 Å². The molecular formula is C27H34N6O9S5. The van der Waals surface area contributed by atoms with Gasteiger partial charge in [-0.2, -0.15) is 16.8 Å². The second-order valence-corrected chi connectivity index (χ2v) is 16.3. The van der Waals surface area contributed by atoms with Crippen molar-refractivity contribution < 1.29 is 39.4 Å². The van der Waals surface area contributed by atoms with Gasteiger partial charge in [0.05, 0.1) is 40.6 Å². The van der Waals surface area contributed by atoms with Crippen LogP contribution in [0.4, 0.5) is 17.1 Å². The number of thioether (sulfide) groups is 2. The molecule has 3 aromatic carbocycles. The van der Waals surface area contributed by atoms with Gasteiger partial charge in [0.1, 0.15) is 5.75 Å². The van der Waals surface area contributed by atoms with Gasteiger partial charge in [0, 0.05) is 11.8 Å². The monoisotopic (exact) mass is 746 g/mol. The third-order valence-corrected chi connectivity index (χ3v) is 10.8. The van der Waals surface area contributed by atoms with E-state index in [2.05, 4.69) is 31.5 Å². The molecule has 0 fully saturated rings. The van der Waals surface area contributed by atoms with Crippen LogP contribution >= 0.6 is 23.5 Å². The van der Waals surface area contributed by atoms with Crippen molar-refractivity contribution in [1.29, 1.82) is 0 Å². The average Bonchev–Trinajstić information content (AvgIpc) is 2.99. The molecule has 15 nitrogen and oxygen atoms in total. The van der Waals surface area contributed by atoms with E-state index in [0.29, 0.717) is 57.3 Å². The lowest BCUT2D eigenvalue weighted by Gasteiger charge is -2.23. The van der Waals surface area contributed by atoms with Crippen molar-refractivity contribution in [2.45, 2.75) is 30.2 Å². The molecule has 4 rings (SSSR count). The van der Waals surface area contributed by atoms with E-state index in [1.165, 1.54) is 42.8 Å². The van der Waals surface area contributed by atoms with E-state index in [1.807, 2.05) is 19.1 Å². The maximum atomic E-state index is 11.5. The van der Waals surface area contributed by atoms with Crippen LogP contribution in [-0.2, 0) is 31.3 Å². The zero-order valence-corrected chi connectivity index (χ0v) is 29.2. The number of nitrogens with zero attached hydrogens (tertiary/aromatic N) is 2. The first-order chi connectivity index (χ1) is 22.2. The molecule has 20 heteroatoms. The number of guanidine groups is 1. The van der Waals surface area contributed by atoms with Crippen LogP contribution < -0.4 is 26.2 Å². The van der Waals surface area contributed by atoms with Gasteiger partial charge in [-0.3, -0.25) is 9.11 Å². The predicted octanol–water partition coefficient (Wildman–Crippen LogP) is 4.21. The van der Waals surface area contributed by atoms with Crippen molar-refractivity contribution in [3.63, 3.8) is 0 Å². The lowest BCUT2D eigenvalue weighted by Crippen LogP contribution is -2.39. The molecule has 2 atom stereocenters. The lowest BCUT2D eigenvalue weighted by molar-refractivity contribution is 0.417. The van der Waals surface area contributed by atoms with Crippen LogP contribution in [-0.4, -0.2) is 81.4 Å². The number of hydrogen-bond acceptors (Lipinski definition) is 14. The number of nitrogens with one attached hydrogen (secondary N) is 4. The summed E-state index contributed by atoms with van der Waals surface area (Å²) in [5.41, 5.74) is 8.57. The summed E-state index contributed by atoms with van der Waals surface area (Å²) in [5, 5.41) is 8.23. The molecule has 0 saturated heterocycles. The van der Waals surface area contributed by atoms with Crippen molar-refractivity contribution in [3.8, 4) is 5.75 Å². The molecule has 0 spiro atoms. The Balaban J connectivity index is 1.45. The molecule has 0 aromatic heterocycles. The molecule has 0 aliphatic carbocycles. The van der Waals surface area contributed by atoms with E-state index in [9.17, 15) is 25.6 Å². The van der Waals surface area contributed by atoms with Crippen LogP contribution in [0.2, 0.25) is 0 Å². The zero-order chi connectivity index (χ0) is 34.2. The highest BCUT2D eigenvalue weighted by Gasteiger charge is 2.20. The molecule has 1 aliphatic heterocycles. The van der Waals surface area contributed by atoms with Gasteiger partial charge in [-0.15, -0.1) is 11.8 Å². The third-order valence-electron chi connectivity index (χ3n) is 6.46. The number of amidine groups is 1. The topological polar surface area (TPSA) is 228 Å². The van der Waals surface area contributed by atoms with Crippen LogP contribution in [0, 0.1) is 6.92 Å². The summed E-state index contributed by atoms with van der Waals surface area (Å²) >= 11 is 0.773. The number of ether oxygens (including phenoxy) is 1. The summed E-state index contributed by atoms with van der Waals surface area (Å²) in [6.07, 6.45) is 0.708. The first-order valence-corrected chi connectivity index (χ1v) is 20.2. The quantitative estimate of drug-likeness (QED) is 0.0500. The number of hydrazine groups is 1. The maximum absolute atomic E-state index is 11.5. The first kappa shape index (κ1) is 36.7. The summed E-state index contributed by atoms with van der Waals surface area (Å²) in [6.45, 7) is 1.89. The number of aliphatic imine (C=N–C) groups is 2. The van der Waals surface area contributed by atoms with E-state index in [-0.39, 0.29) is 22.8 Å². The Labute approximate surface area is 283 Å². The number of anilines is 3. The number of rotatable bonds is 15. The molecule has 47 heavy (non-hydrogen) atoms. The van der Waals surface area contributed by atoms with E-state index in [0.717, 1.165) is 10.9 Å². The van der Waals surface area contributed by atoms with Crippen LogP contribution in [0.15, 0.2) is 63.4 Å². The van der Waals surface area contributed by atoms with Gasteiger partial charge in [0.15, 0.2) is 21.7 Å². The normalized spacial score (nSPS) is 15.7. The SMILES string of the molecule is COc1cc(NNc2ccc3cc(S(=O)(=O)O)ccc3c2)c(C)cc1NC1=NC(SCCCS(=O)O)N=C(SCCCS(=O)(=O)O)N1. The molecule has 1 aliphatic rings. The Kier molecular flexibility index (Phi) is 12.8. The fourth-order valence-electron chi connectivity index (χ4n) is 4.22. The molecule has 256 valence electrons. The first-order valence-electron chi connectivity index (χ1n) is 13.9. The summed E-state index contributed by atoms with van der Waals surface area (Å²) in [6, 6.07) is 13.3. The van der Waals surface area contributed by atoms with Crippen molar-refractivity contribution in [3.05, 3.63) is 54.1 Å². The van der Waals surface area contributed by atoms with Crippen LogP contribution in [0.1, 0.15) is 18.4 Å². The highest BCUT2D eigenvalue weighted by molar-refractivity contribution is 8.14. The van der Waals surface area contributed by atoms with Crippen LogP contribution in [0.3, 0.4) is 0 Å². The number of fused-ring (bicyclic) bond motifs is 1. The zero-order valence-electron chi connectivity index (χ0n) is 25.2. The molecule has 0 saturated carbocycles. The van der Waals surface area contributed by atoms with E-state index < -0.39 is 36.8 Å². The van der Waals surface area contributed by atoms with Crippen molar-refractivity contribution >= 4 is 93.8 Å². The average molecular weight is 747 g/mol. The van der Waals surface area contributed by atoms with E-state index >= 15 is 0 Å². The molecule has 0 bridgehead atoms. The van der Waals surface area contributed by atoms with Gasteiger partial charge in [-0.25, -0.2) is 14.2 Å². The Hall–Kier alpha value is -3.11. The Bertz CT molecular complexity index is 1910. The van der Waals surface area contributed by atoms with Gasteiger partial charge in [-0.05, 0) is 72.2 Å². The molecule has 3 aromatic rings. The van der Waals surface area contributed by atoms with Crippen molar-refractivity contribution in [1.82, 2.24) is 5.32 Å². The summed E-state index contributed by atoms with van der Waals surface area (Å²) in [5.74, 6) is 1.53. The summed E-state index contributed by atoms with van der Waals surface area (Å²) in [7, 11) is -6.85. The molecule has 0 amide bonds. The Morgan fingerprint density at radius 1 is 0.957 bits per heavy atom. The summed E-state index contributed by atoms with van der Waals surface area (Å²) < 4.78 is 89.1. The standard InChI is InChI=1S/C27H34N6O9S5/c1-17-13-23(28-25-29-26(43-9-3-11-45(34)35)31-27(30-25)44-10-4-12-46(36,37)38)24(42-2)16-22(17)33-32-20-7-5-19-15-21(47(39,40)41)8-6-18(19)14-20/h5-8,13-16,26,32-33H,3-4,9-12H2,1-2H3,(H,34,35)(H,36,37,38)(H,39,40,41)(H2,28,29,30,31). The van der Waals surface area contributed by atoms with E-state index in [1.54, 1.807) is 24.3 Å². The smallest absolute Gasteiger partial charge is 0.294 e. The molecule has 1 heterocycles. The number of aryl methyl sites for hydroxylation is 1. The Morgan fingerprint density at radius 2 is 1.70 bits per heavy atom. The largest absolute Gasteiger partial charge is 0.494 e. The maximum Gasteiger partial charge on any atom is 0.294 e. The number of benzene rings is 3. The fraction of sp³-hybridized carbons (Fsp3) is 0.333. The fourth-order valence-corrected chi connectivity index (χ4v) is 7.77. The van der Waals surface area contributed by atoms with Crippen molar-refractivity contribution in [2.75, 3.05) is 46.3 Å². The highest BCUT2D eigenvalue weighted by atomic mass is 32.2. The van der Waals surface area contributed by atoms with Gasteiger partial charge >= 0.3 is 0 Å².